The Hall–Kier alpha value is -2.80. The van der Waals surface area contributed by atoms with Gasteiger partial charge in [-0.15, -0.1) is 0 Å². The number of anilines is 1. The molecule has 1 atom stereocenters. The summed E-state index contributed by atoms with van der Waals surface area (Å²) in [4.78, 5) is 24.0. The molecule has 6 N–H and O–H groups in total. The fourth-order valence-electron chi connectivity index (χ4n) is 3.29. The van der Waals surface area contributed by atoms with Crippen LogP contribution in [0.3, 0.4) is 0 Å². The predicted molar refractivity (Wildman–Crippen MR) is 100 cm³/mol. The zero-order valence-electron chi connectivity index (χ0n) is 15.9. The van der Waals surface area contributed by atoms with Crippen molar-refractivity contribution in [2.24, 2.45) is 5.92 Å². The highest BCUT2D eigenvalue weighted by Gasteiger charge is 2.40. The summed E-state index contributed by atoms with van der Waals surface area (Å²) in [5, 5.41) is 19.5. The van der Waals surface area contributed by atoms with E-state index in [1.807, 2.05) is 13.8 Å². The van der Waals surface area contributed by atoms with Crippen molar-refractivity contribution in [3.63, 3.8) is 0 Å². The average molecular weight is 434 g/mol. The summed E-state index contributed by atoms with van der Waals surface area (Å²) in [6.45, 7) is 3.31. The van der Waals surface area contributed by atoms with Gasteiger partial charge in [0.2, 0.25) is 0 Å². The molecule has 2 aliphatic heterocycles. The molecule has 13 heteroatoms. The molecule has 1 aromatic rings. The molecule has 0 spiro atoms. The molecule has 1 aromatic carbocycles. The Labute approximate surface area is 166 Å². The van der Waals surface area contributed by atoms with E-state index < -0.39 is 52.1 Å². The van der Waals surface area contributed by atoms with E-state index in [1.165, 1.54) is 0 Å². The lowest BCUT2D eigenvalue weighted by atomic mass is 10.1. The molecule has 2 amide bonds. The Balaban J connectivity index is 0.00000300. The molecule has 0 saturated carbocycles. The van der Waals surface area contributed by atoms with Gasteiger partial charge in [-0.05, 0) is 5.92 Å². The van der Waals surface area contributed by atoms with Gasteiger partial charge < -0.3 is 26.0 Å². The van der Waals surface area contributed by atoms with Crippen molar-refractivity contribution in [3.8, 4) is 11.5 Å². The van der Waals surface area contributed by atoms with Crippen LogP contribution in [0.1, 0.15) is 19.4 Å². The minimum atomic E-state index is -4.30. The number of aromatic hydroxyl groups is 1. The minimum absolute atomic E-state index is 0. The number of carboxylic acid groups (broad SMARTS) is 1. The maximum absolute atomic E-state index is 15.0. The van der Waals surface area contributed by atoms with E-state index in [2.05, 4.69) is 0 Å². The first-order valence-electron chi connectivity index (χ1n) is 8.51. The van der Waals surface area contributed by atoms with Crippen LogP contribution in [0.5, 0.6) is 11.5 Å². The van der Waals surface area contributed by atoms with E-state index in [-0.39, 0.29) is 42.9 Å². The van der Waals surface area contributed by atoms with Gasteiger partial charge >= 0.3 is 16.3 Å². The highest BCUT2D eigenvalue weighted by Crippen LogP contribution is 2.43. The lowest BCUT2D eigenvalue weighted by molar-refractivity contribution is -0.117. The number of benzene rings is 1. The number of ether oxygens (including phenoxy) is 1. The van der Waals surface area contributed by atoms with Gasteiger partial charge in [0.15, 0.2) is 5.82 Å². The number of hydrogen-bond acceptors (Lipinski definition) is 7. The molecule has 0 bridgehead atoms. The van der Waals surface area contributed by atoms with Crippen molar-refractivity contribution < 1.29 is 37.3 Å². The number of rotatable bonds is 5. The second-order valence-electron chi connectivity index (χ2n) is 7.10. The van der Waals surface area contributed by atoms with E-state index in [4.69, 9.17) is 4.74 Å². The largest absolute Gasteiger partial charge is 0.505 e. The Bertz CT molecular complexity index is 938. The van der Waals surface area contributed by atoms with Crippen LogP contribution in [0.15, 0.2) is 6.07 Å². The first-order chi connectivity index (χ1) is 13.0. The van der Waals surface area contributed by atoms with Gasteiger partial charge in [-0.2, -0.15) is 8.42 Å². The van der Waals surface area contributed by atoms with Crippen molar-refractivity contribution in [2.45, 2.75) is 26.4 Å². The lowest BCUT2D eigenvalue weighted by Crippen LogP contribution is -2.40. The maximum atomic E-state index is 15.0. The Kier molecular flexibility index (Phi) is 6.13. The Morgan fingerprint density at radius 3 is 2.66 bits per heavy atom. The second-order valence-corrected chi connectivity index (χ2v) is 8.69. The summed E-state index contributed by atoms with van der Waals surface area (Å²) < 4.78 is 46.7. The van der Waals surface area contributed by atoms with E-state index >= 15 is 4.39 Å². The summed E-state index contributed by atoms with van der Waals surface area (Å²) in [7, 11) is -4.30. The summed E-state index contributed by atoms with van der Waals surface area (Å²) >= 11 is 0. The number of fused-ring (bicyclic) bond motifs is 1. The van der Waals surface area contributed by atoms with Gasteiger partial charge in [-0.3, -0.25) is 4.79 Å². The molecular weight excluding hydrogens is 411 g/mol. The number of nitrogens with one attached hydrogen (secondary N) is 1. The molecule has 2 aliphatic rings. The van der Waals surface area contributed by atoms with Crippen LogP contribution in [0.4, 0.5) is 14.9 Å². The third-order valence-electron chi connectivity index (χ3n) is 4.36. The number of carbonyl (C=O) groups excluding carboxylic acids is 1. The standard InChI is InChI=1S/C16H20FN3O7S.H3N/c1-8(2)5-19(16(23)24)6-9-3-10-12(27-9)4-11(21)15(14(10)17)20-7-13(22)18-28(20,25)26;/h4,8-9,21H,3,5-7H2,1-2H3,(H,18,22)(H,23,24);1H3. The number of phenolic OH excluding ortho intramolecular Hbond substituents is 1. The monoisotopic (exact) mass is 434 g/mol. The third-order valence-corrected chi connectivity index (χ3v) is 5.73. The number of hydrogen-bond donors (Lipinski definition) is 4. The fourth-order valence-corrected chi connectivity index (χ4v) is 4.45. The molecule has 1 fully saturated rings. The van der Waals surface area contributed by atoms with Crippen LogP contribution < -0.4 is 19.9 Å². The number of phenols is 1. The molecule has 11 nitrogen and oxygen atoms in total. The fraction of sp³-hybridized carbons (Fsp3) is 0.500. The van der Waals surface area contributed by atoms with Crippen LogP contribution in [0.2, 0.25) is 0 Å². The van der Waals surface area contributed by atoms with Crippen molar-refractivity contribution >= 4 is 27.9 Å². The average Bonchev–Trinajstić information content (AvgIpc) is 3.06. The molecule has 29 heavy (non-hydrogen) atoms. The van der Waals surface area contributed by atoms with E-state index in [9.17, 15) is 28.2 Å². The van der Waals surface area contributed by atoms with Crippen LogP contribution in [0.25, 0.3) is 0 Å². The van der Waals surface area contributed by atoms with E-state index in [0.717, 1.165) is 11.0 Å². The van der Waals surface area contributed by atoms with Crippen molar-refractivity contribution in [1.29, 1.82) is 0 Å². The highest BCUT2D eigenvalue weighted by molar-refractivity contribution is 7.92. The van der Waals surface area contributed by atoms with E-state index in [0.29, 0.717) is 4.31 Å². The van der Waals surface area contributed by atoms with Crippen LogP contribution >= 0.6 is 0 Å². The molecule has 0 aliphatic carbocycles. The van der Waals surface area contributed by atoms with Gasteiger partial charge in [0.25, 0.3) is 5.91 Å². The van der Waals surface area contributed by atoms with Gasteiger partial charge in [0, 0.05) is 24.6 Å². The minimum Gasteiger partial charge on any atom is -0.505 e. The molecule has 0 radical (unpaired) electrons. The summed E-state index contributed by atoms with van der Waals surface area (Å²) in [6.07, 6.45) is -1.83. The molecule has 1 saturated heterocycles. The smallest absolute Gasteiger partial charge is 0.407 e. The third kappa shape index (κ3) is 4.29. The molecule has 0 aromatic heterocycles. The van der Waals surface area contributed by atoms with Crippen molar-refractivity contribution in [3.05, 3.63) is 17.4 Å². The normalized spacial score (nSPS) is 19.4. The maximum Gasteiger partial charge on any atom is 0.407 e. The van der Waals surface area contributed by atoms with Crippen LogP contribution in [-0.2, 0) is 21.4 Å². The van der Waals surface area contributed by atoms with Gasteiger partial charge in [-0.25, -0.2) is 18.2 Å². The van der Waals surface area contributed by atoms with Gasteiger partial charge in [0.05, 0.1) is 6.54 Å². The first-order valence-corrected chi connectivity index (χ1v) is 9.95. The Morgan fingerprint density at radius 1 is 1.48 bits per heavy atom. The zero-order valence-corrected chi connectivity index (χ0v) is 16.7. The van der Waals surface area contributed by atoms with Crippen LogP contribution in [-0.4, -0.2) is 61.3 Å². The molecule has 162 valence electrons. The number of amides is 2. The highest BCUT2D eigenvalue weighted by atomic mass is 32.2. The number of halogens is 1. The predicted octanol–water partition coefficient (Wildman–Crippen LogP) is 0.814. The first kappa shape index (κ1) is 22.5. The number of carbonyl (C=O) groups is 2. The Morgan fingerprint density at radius 2 is 2.14 bits per heavy atom. The summed E-state index contributed by atoms with van der Waals surface area (Å²) in [5.41, 5.74) is -0.624. The SMILES string of the molecule is CC(C)CN(CC1Cc2c(cc(O)c(N3CC(=O)NS3(=O)=O)c2F)O1)C(=O)O.N. The second kappa shape index (κ2) is 7.91. The van der Waals surface area contributed by atoms with E-state index in [1.54, 1.807) is 4.72 Å². The van der Waals surface area contributed by atoms with Crippen molar-refractivity contribution in [2.75, 3.05) is 23.9 Å². The summed E-state index contributed by atoms with van der Waals surface area (Å²) in [6, 6.07) is 1.07. The molecule has 2 heterocycles. The quantitative estimate of drug-likeness (QED) is 0.527. The van der Waals surface area contributed by atoms with Crippen LogP contribution in [0, 0.1) is 11.7 Å². The van der Waals surface area contributed by atoms with Crippen molar-refractivity contribution in [1.82, 2.24) is 15.8 Å². The number of nitrogens with zero attached hydrogens (tertiary/aromatic N) is 2. The molecule has 3 rings (SSSR count). The topological polar surface area (TPSA) is 171 Å². The zero-order chi connectivity index (χ0) is 20.8. The van der Waals surface area contributed by atoms with Gasteiger partial charge in [-0.1, -0.05) is 13.8 Å². The lowest BCUT2D eigenvalue weighted by Gasteiger charge is -2.24. The summed E-state index contributed by atoms with van der Waals surface area (Å²) in [5.74, 6) is -2.48. The molecule has 1 unspecified atom stereocenters. The van der Waals surface area contributed by atoms with Gasteiger partial charge in [0.1, 0.15) is 29.8 Å². The molecular formula is C16H23FN4O7S.